The van der Waals surface area contributed by atoms with Gasteiger partial charge in [0.05, 0.1) is 12.0 Å². The molecule has 5 N–H and O–H groups in total. The maximum atomic E-state index is 11.5. The number of nitrogens with zero attached hydrogens (tertiary/aromatic N) is 2. The van der Waals surface area contributed by atoms with E-state index in [0.29, 0.717) is 30.9 Å². The smallest absolute Gasteiger partial charge is 0.303 e. The van der Waals surface area contributed by atoms with Crippen molar-refractivity contribution in [2.24, 2.45) is 5.73 Å². The molecule has 11 heteroatoms. The van der Waals surface area contributed by atoms with Gasteiger partial charge in [-0.05, 0) is 24.6 Å². The van der Waals surface area contributed by atoms with Crippen molar-refractivity contribution >= 4 is 26.1 Å². The molecule has 2 rings (SSSR count). The lowest BCUT2D eigenvalue weighted by atomic mass is 9.93. The first-order valence-electron chi connectivity index (χ1n) is 10.5. The van der Waals surface area contributed by atoms with Crippen LogP contribution in [0.5, 0.6) is 0 Å². The summed E-state index contributed by atoms with van der Waals surface area (Å²) in [7, 11) is -2.43. The van der Waals surface area contributed by atoms with Crippen LogP contribution in [-0.4, -0.2) is 60.0 Å². The molecule has 1 aliphatic heterocycles. The second-order valence-corrected chi connectivity index (χ2v) is 13.8. The normalized spacial score (nSPS) is 22.9. The van der Waals surface area contributed by atoms with Crippen LogP contribution in [0.15, 0.2) is 6.33 Å². The number of nitrogen functional groups attached to an aromatic ring is 1. The lowest BCUT2D eigenvalue weighted by Gasteiger charge is -2.37. The summed E-state index contributed by atoms with van der Waals surface area (Å²) in [6.45, 7) is 10.8. The fourth-order valence-corrected chi connectivity index (χ4v) is 4.39. The van der Waals surface area contributed by atoms with Gasteiger partial charge in [0.1, 0.15) is 30.9 Å². The quantitative estimate of drug-likeness (QED) is 0.372. The maximum Gasteiger partial charge on any atom is 0.303 e. The number of ether oxygens (including phenoxy) is 3. The summed E-state index contributed by atoms with van der Waals surface area (Å²) in [6.07, 6.45) is 0.885. The van der Waals surface area contributed by atoms with Gasteiger partial charge in [0.25, 0.3) is 0 Å². The number of hydrogen-bond acceptors (Lipinski definition) is 9. The summed E-state index contributed by atoms with van der Waals surface area (Å²) in [5.74, 6) is -0.592. The van der Waals surface area contributed by atoms with Gasteiger partial charge in [-0.3, -0.25) is 14.2 Å². The summed E-state index contributed by atoms with van der Waals surface area (Å²) in [4.78, 5) is 37.8. The van der Waals surface area contributed by atoms with Gasteiger partial charge in [0.15, 0.2) is 8.32 Å². The summed E-state index contributed by atoms with van der Waals surface area (Å²) in [5, 5.41) is -0.285. The number of esters is 2. The number of carbonyl (C=O) groups excluding carboxylic acids is 2. The lowest BCUT2D eigenvalue weighted by Crippen LogP contribution is -2.40. The van der Waals surface area contributed by atoms with Crippen LogP contribution in [0.1, 0.15) is 58.4 Å². The van der Waals surface area contributed by atoms with Crippen LogP contribution in [0, 0.1) is 0 Å². The third-order valence-electron chi connectivity index (χ3n) is 6.20. The molecule has 0 bridgehead atoms. The van der Waals surface area contributed by atoms with Gasteiger partial charge in [0.2, 0.25) is 0 Å². The van der Waals surface area contributed by atoms with Crippen LogP contribution in [0.25, 0.3) is 0 Å². The van der Waals surface area contributed by atoms with E-state index in [9.17, 15) is 14.4 Å². The summed E-state index contributed by atoms with van der Waals surface area (Å²) in [6, 6.07) is 0. The van der Waals surface area contributed by atoms with Gasteiger partial charge in [-0.1, -0.05) is 13.8 Å². The van der Waals surface area contributed by atoms with Crippen LogP contribution < -0.4 is 11.5 Å². The average molecular weight is 457 g/mol. The highest BCUT2D eigenvalue weighted by Crippen LogP contribution is 2.45. The molecule has 0 saturated carbocycles. The molecule has 2 heterocycles. The van der Waals surface area contributed by atoms with Crippen molar-refractivity contribution in [3.8, 4) is 0 Å². The Bertz CT molecular complexity index is 791. The highest BCUT2D eigenvalue weighted by molar-refractivity contribution is 6.72. The predicted molar refractivity (Wildman–Crippen MR) is 118 cm³/mol. The van der Waals surface area contributed by atoms with Gasteiger partial charge in [0, 0.05) is 32.7 Å². The molecular weight excluding hydrogens is 420 g/mol. The van der Waals surface area contributed by atoms with E-state index in [1.54, 1.807) is 10.9 Å². The molecule has 1 fully saturated rings. The van der Waals surface area contributed by atoms with E-state index >= 15 is 0 Å². The van der Waals surface area contributed by atoms with Crippen LogP contribution in [-0.2, 0) is 23.8 Å². The molecule has 1 saturated heterocycles. The van der Waals surface area contributed by atoms with Crippen molar-refractivity contribution in [2.45, 2.75) is 83.0 Å². The van der Waals surface area contributed by atoms with Crippen molar-refractivity contribution in [3.63, 3.8) is 0 Å². The third kappa shape index (κ3) is 6.06. The summed E-state index contributed by atoms with van der Waals surface area (Å²) in [5.41, 5.74) is 13.1. The number of hydrogen-bond donors (Lipinski definition) is 3. The molecule has 1 aliphatic rings. The van der Waals surface area contributed by atoms with Gasteiger partial charge in [-0.2, -0.15) is 0 Å². The first kappa shape index (κ1) is 25.3. The van der Waals surface area contributed by atoms with Gasteiger partial charge in [-0.25, -0.2) is 4.98 Å². The first-order chi connectivity index (χ1) is 14.3. The molecule has 31 heavy (non-hydrogen) atoms. The molecule has 4 atom stereocenters. The standard InChI is InChI=1S/C20H36N4O6Si/c1-12(25)28-10-16-15(29-13(2)26)7-17(30-16)24-11-23-18(19(24)22)14(9-21)8-20(3,4)31(5,6)27/h11,14-17,27H,7-10,21-22H2,1-6H3/t14-,15?,16-,17?/m1/s1. The molecular formula is C20H36N4O6Si. The van der Waals surface area contributed by atoms with Gasteiger partial charge >= 0.3 is 11.9 Å². The molecule has 1 aromatic heterocycles. The zero-order valence-corrected chi connectivity index (χ0v) is 20.3. The van der Waals surface area contributed by atoms with Crippen LogP contribution in [0.3, 0.4) is 0 Å². The van der Waals surface area contributed by atoms with Crippen molar-refractivity contribution in [2.75, 3.05) is 18.9 Å². The number of imidazole rings is 1. The van der Waals surface area contributed by atoms with Gasteiger partial charge in [-0.15, -0.1) is 0 Å². The van der Waals surface area contributed by atoms with Crippen LogP contribution >= 0.6 is 0 Å². The predicted octanol–water partition coefficient (Wildman–Crippen LogP) is 1.66. The Labute approximate surface area is 184 Å². The maximum absolute atomic E-state index is 11.5. The highest BCUT2D eigenvalue weighted by atomic mass is 28.4. The Morgan fingerprint density at radius 1 is 1.39 bits per heavy atom. The van der Waals surface area contributed by atoms with Crippen molar-refractivity contribution < 1.29 is 28.6 Å². The molecule has 0 aromatic carbocycles. The molecule has 176 valence electrons. The Morgan fingerprint density at radius 3 is 2.55 bits per heavy atom. The van der Waals surface area contributed by atoms with Crippen molar-refractivity contribution in [1.82, 2.24) is 9.55 Å². The van der Waals surface area contributed by atoms with E-state index in [1.165, 1.54) is 13.8 Å². The lowest BCUT2D eigenvalue weighted by molar-refractivity contribution is -0.155. The molecule has 10 nitrogen and oxygen atoms in total. The van der Waals surface area contributed by atoms with Crippen molar-refractivity contribution in [1.29, 1.82) is 0 Å². The van der Waals surface area contributed by atoms with E-state index in [4.69, 9.17) is 25.7 Å². The largest absolute Gasteiger partial charge is 0.463 e. The van der Waals surface area contributed by atoms with E-state index < -0.39 is 38.7 Å². The molecule has 1 aromatic rings. The average Bonchev–Trinajstić information content (AvgIpc) is 3.19. The van der Waals surface area contributed by atoms with Crippen LogP contribution in [0.2, 0.25) is 18.1 Å². The minimum absolute atomic E-state index is 0.0267. The first-order valence-corrected chi connectivity index (χ1v) is 13.4. The van der Waals surface area contributed by atoms with E-state index in [2.05, 4.69) is 4.98 Å². The monoisotopic (exact) mass is 456 g/mol. The van der Waals surface area contributed by atoms with Crippen LogP contribution in [0.4, 0.5) is 5.82 Å². The molecule has 0 amide bonds. The molecule has 0 radical (unpaired) electrons. The third-order valence-corrected chi connectivity index (χ3v) is 9.72. The van der Waals surface area contributed by atoms with E-state index in [1.807, 2.05) is 26.9 Å². The highest BCUT2D eigenvalue weighted by Gasteiger charge is 2.42. The summed E-state index contributed by atoms with van der Waals surface area (Å²) >= 11 is 0. The Morgan fingerprint density at radius 2 is 2.03 bits per heavy atom. The topological polar surface area (TPSA) is 152 Å². The zero-order valence-electron chi connectivity index (χ0n) is 19.3. The number of aromatic nitrogens is 2. The molecule has 0 aliphatic carbocycles. The fraction of sp³-hybridized carbons (Fsp3) is 0.750. The van der Waals surface area contributed by atoms with Crippen molar-refractivity contribution in [3.05, 3.63) is 12.0 Å². The summed E-state index contributed by atoms with van der Waals surface area (Å²) < 4.78 is 18.1. The second-order valence-electron chi connectivity index (χ2n) is 9.32. The minimum Gasteiger partial charge on any atom is -0.463 e. The SMILES string of the molecule is CC(=O)OC[C@H]1OC(n2cnc([C@@H](CN)CC(C)(C)[Si](C)(C)O)c2N)CC1OC(C)=O. The second kappa shape index (κ2) is 9.68. The fourth-order valence-electron chi connectivity index (χ4n) is 3.64. The Balaban J connectivity index is 2.22. The number of rotatable bonds is 9. The van der Waals surface area contributed by atoms with E-state index in [-0.39, 0.29) is 17.6 Å². The molecule has 2 unspecified atom stereocenters. The Kier molecular flexibility index (Phi) is 7.90. The Hall–Kier alpha value is -1.95. The zero-order chi connectivity index (χ0) is 23.6. The van der Waals surface area contributed by atoms with E-state index in [0.717, 1.165) is 0 Å². The number of anilines is 1. The minimum atomic E-state index is -2.43. The molecule has 0 spiro atoms. The number of carbonyl (C=O) groups is 2. The van der Waals surface area contributed by atoms with Gasteiger partial charge < -0.3 is 30.5 Å². The number of nitrogens with two attached hydrogens (primary N) is 2.